The highest BCUT2D eigenvalue weighted by molar-refractivity contribution is 5.92. The SMILES string of the molecule is C=Cc1ccc(Oc2ccc(C3(c4ccc(F)cc4)c4ccccc4-c4ccc(N(c5ccc(F)cc5)c5ccc(-c6ccc(N(c7ccc(F)cc7)c7ccc8c(c7)[C@@](c7ccc(F)cc7)(c7ccc(Oc9ccc(C=C)cc9)cc7)c7ccccc7-8)cc6C)c(C)c5)cc43)cc2)cc1. The maximum Gasteiger partial charge on any atom is 0.127 e. The number of halogens is 4. The van der Waals surface area contributed by atoms with Crippen LogP contribution in [0.15, 0.2) is 329 Å². The van der Waals surface area contributed by atoms with Gasteiger partial charge in [-0.15, -0.1) is 0 Å². The minimum atomic E-state index is -0.908. The summed E-state index contributed by atoms with van der Waals surface area (Å²) in [7, 11) is 0. The van der Waals surface area contributed by atoms with Gasteiger partial charge in [-0.2, -0.15) is 0 Å². The molecule has 0 aromatic heterocycles. The largest absolute Gasteiger partial charge is 0.457 e. The van der Waals surface area contributed by atoms with Crippen LogP contribution in [0.3, 0.4) is 0 Å². The van der Waals surface area contributed by atoms with Gasteiger partial charge in [-0.3, -0.25) is 0 Å². The fourth-order valence-corrected chi connectivity index (χ4v) is 15.2. The molecule has 14 aromatic rings. The number of ether oxygens (including phenoxy) is 2. The van der Waals surface area contributed by atoms with E-state index in [4.69, 9.17) is 9.47 Å². The molecule has 100 heavy (non-hydrogen) atoms. The molecule has 4 nitrogen and oxygen atoms in total. The molecule has 0 N–H and O–H groups in total. The molecule has 0 bridgehead atoms. The lowest BCUT2D eigenvalue weighted by Crippen LogP contribution is -2.29. The van der Waals surface area contributed by atoms with E-state index in [1.54, 1.807) is 36.4 Å². The lowest BCUT2D eigenvalue weighted by Gasteiger charge is -2.35. The predicted molar refractivity (Wildman–Crippen MR) is 398 cm³/mol. The van der Waals surface area contributed by atoms with Crippen LogP contribution < -0.4 is 19.3 Å². The van der Waals surface area contributed by atoms with Crippen molar-refractivity contribution in [3.63, 3.8) is 0 Å². The average Bonchev–Trinajstić information content (AvgIpc) is 1.54. The molecule has 0 spiro atoms. The van der Waals surface area contributed by atoms with E-state index in [1.807, 2.05) is 97.1 Å². The molecule has 0 heterocycles. The number of hydrogen-bond donors (Lipinski definition) is 0. The summed E-state index contributed by atoms with van der Waals surface area (Å²) < 4.78 is 73.1. The van der Waals surface area contributed by atoms with Gasteiger partial charge < -0.3 is 19.3 Å². The molecule has 0 saturated carbocycles. The van der Waals surface area contributed by atoms with Gasteiger partial charge in [0.1, 0.15) is 46.3 Å². The van der Waals surface area contributed by atoms with Crippen molar-refractivity contribution in [1.82, 2.24) is 0 Å². The number of fused-ring (bicyclic) bond motifs is 6. The highest BCUT2D eigenvalue weighted by atomic mass is 19.1. The molecule has 0 saturated heterocycles. The van der Waals surface area contributed by atoms with Crippen molar-refractivity contribution in [3.05, 3.63) is 419 Å². The third kappa shape index (κ3) is 10.8. The molecule has 16 rings (SSSR count). The van der Waals surface area contributed by atoms with Gasteiger partial charge in [0, 0.05) is 34.1 Å². The van der Waals surface area contributed by atoms with Gasteiger partial charge in [0.2, 0.25) is 0 Å². The van der Waals surface area contributed by atoms with Crippen LogP contribution >= 0.6 is 0 Å². The van der Waals surface area contributed by atoms with E-state index in [1.165, 1.54) is 48.5 Å². The molecule has 2 aliphatic rings. The first-order valence-corrected chi connectivity index (χ1v) is 33.2. The van der Waals surface area contributed by atoms with Gasteiger partial charge in [-0.1, -0.05) is 171 Å². The molecule has 1 unspecified atom stereocenters. The number of anilines is 6. The molecule has 2 aliphatic carbocycles. The summed E-state index contributed by atoms with van der Waals surface area (Å²) in [5.74, 6) is 1.34. The van der Waals surface area contributed by atoms with Crippen molar-refractivity contribution in [2.75, 3.05) is 9.80 Å². The van der Waals surface area contributed by atoms with Crippen LogP contribution in [0.25, 0.3) is 45.5 Å². The molecule has 0 radical (unpaired) electrons. The molecule has 482 valence electrons. The van der Waals surface area contributed by atoms with Crippen LogP contribution in [-0.4, -0.2) is 0 Å². The Bertz CT molecular complexity index is 5100. The van der Waals surface area contributed by atoms with E-state index in [0.717, 1.165) is 134 Å². The first-order valence-electron chi connectivity index (χ1n) is 33.2. The van der Waals surface area contributed by atoms with E-state index in [-0.39, 0.29) is 23.3 Å². The molecular formula is C92H64F4N2O2. The number of benzene rings is 14. The van der Waals surface area contributed by atoms with Crippen molar-refractivity contribution in [2.24, 2.45) is 0 Å². The Hall–Kier alpha value is -12.5. The lowest BCUT2D eigenvalue weighted by molar-refractivity contribution is 0.482. The Morgan fingerprint density at radius 1 is 0.270 bits per heavy atom. The van der Waals surface area contributed by atoms with Crippen molar-refractivity contribution in [2.45, 2.75) is 24.7 Å². The van der Waals surface area contributed by atoms with Crippen molar-refractivity contribution in [1.29, 1.82) is 0 Å². The fraction of sp³-hybridized carbons (Fsp3) is 0.0435. The molecule has 14 aromatic carbocycles. The zero-order valence-electron chi connectivity index (χ0n) is 54.8. The van der Waals surface area contributed by atoms with Crippen molar-refractivity contribution >= 4 is 46.3 Å². The summed E-state index contributed by atoms with van der Waals surface area (Å²) in [6.07, 6.45) is 3.59. The maximum absolute atomic E-state index is 15.1. The fourth-order valence-electron chi connectivity index (χ4n) is 15.2. The third-order valence-electron chi connectivity index (χ3n) is 19.8. The highest BCUT2D eigenvalue weighted by Gasteiger charge is 2.48. The average molecular weight is 1310 g/mol. The predicted octanol–water partition coefficient (Wildman–Crippen LogP) is 25.1. The summed E-state index contributed by atoms with van der Waals surface area (Å²) in [6.45, 7) is 12.0. The van der Waals surface area contributed by atoms with Crippen LogP contribution in [-0.2, 0) is 10.8 Å². The zero-order chi connectivity index (χ0) is 68.2. The molecule has 8 heteroatoms. The minimum Gasteiger partial charge on any atom is -0.457 e. The monoisotopic (exact) mass is 1300 g/mol. The van der Waals surface area contributed by atoms with E-state index in [2.05, 4.69) is 182 Å². The van der Waals surface area contributed by atoms with Crippen molar-refractivity contribution < 1.29 is 27.0 Å². The summed E-state index contributed by atoms with van der Waals surface area (Å²) >= 11 is 0. The van der Waals surface area contributed by atoms with Gasteiger partial charge in [-0.05, 0) is 284 Å². The summed E-state index contributed by atoms with van der Waals surface area (Å²) in [5.41, 5.74) is 21.1. The Morgan fingerprint density at radius 3 is 0.850 bits per heavy atom. The van der Waals surface area contributed by atoms with E-state index in [0.29, 0.717) is 23.0 Å². The van der Waals surface area contributed by atoms with Gasteiger partial charge in [0.05, 0.1) is 10.8 Å². The maximum atomic E-state index is 15.1. The second kappa shape index (κ2) is 25.5. The summed E-state index contributed by atoms with van der Waals surface area (Å²) in [5, 5.41) is 0. The first kappa shape index (κ1) is 62.3. The normalized spacial score (nSPS) is 14.7. The Morgan fingerprint density at radius 2 is 0.530 bits per heavy atom. The van der Waals surface area contributed by atoms with Crippen LogP contribution in [0.2, 0.25) is 0 Å². The second-order valence-electron chi connectivity index (χ2n) is 25.5. The molecular weight excluding hydrogens is 1240 g/mol. The van der Waals surface area contributed by atoms with Crippen LogP contribution in [0.4, 0.5) is 51.7 Å². The Kier molecular flexibility index (Phi) is 15.9. The molecule has 0 fully saturated rings. The first-order chi connectivity index (χ1) is 48.9. The van der Waals surface area contributed by atoms with Gasteiger partial charge in [-0.25, -0.2) is 17.6 Å². The number of rotatable bonds is 17. The quantitative estimate of drug-likeness (QED) is 0.0849. The smallest absolute Gasteiger partial charge is 0.127 e. The van der Waals surface area contributed by atoms with Crippen molar-refractivity contribution in [3.8, 4) is 56.4 Å². The standard InChI is InChI=1S/C92H64F4N2O2/c1-5-61-15-43-77(44-16-61)99-79-47-23-65(24-48-79)91(63-19-27-67(93)28-20-63)87-13-9-7-11-83(87)85-53-41-75(57-89(85)91)97(71-35-31-69(95)32-36-71)73-39-51-81(59(3)55-73)82-52-40-74(56-60(82)4)98(72-37-33-70(96)34-38-72)76-42-54-86-84-12-8-10-14-88(84)92(90(86)58-76,64-21-29-68(94)30-22-64)66-25-49-80(50-26-66)100-78-45-17-62(6-2)18-46-78/h5-58H,1-2H2,3-4H3/t91-,92?/m0/s1. The molecule has 2 atom stereocenters. The van der Waals surface area contributed by atoms with Crippen LogP contribution in [0, 0.1) is 37.1 Å². The van der Waals surface area contributed by atoms with Gasteiger partial charge >= 0.3 is 0 Å². The Labute approximate surface area is 579 Å². The van der Waals surface area contributed by atoms with Gasteiger partial charge in [0.15, 0.2) is 0 Å². The summed E-state index contributed by atoms with van der Waals surface area (Å²) in [4.78, 5) is 4.32. The second-order valence-corrected chi connectivity index (χ2v) is 25.5. The topological polar surface area (TPSA) is 24.9 Å². The minimum absolute atomic E-state index is 0.336. The van der Waals surface area contributed by atoms with E-state index in [9.17, 15) is 0 Å². The highest BCUT2D eigenvalue weighted by Crippen LogP contribution is 2.60. The van der Waals surface area contributed by atoms with Gasteiger partial charge in [0.25, 0.3) is 0 Å². The number of hydrogen-bond acceptors (Lipinski definition) is 4. The van der Waals surface area contributed by atoms with Crippen LogP contribution in [0.5, 0.6) is 23.0 Å². The zero-order valence-corrected chi connectivity index (χ0v) is 54.8. The van der Waals surface area contributed by atoms with E-state index >= 15 is 17.6 Å². The third-order valence-corrected chi connectivity index (χ3v) is 19.8. The van der Waals surface area contributed by atoms with E-state index < -0.39 is 10.8 Å². The number of aryl methyl sites for hydroxylation is 2. The lowest BCUT2D eigenvalue weighted by atomic mass is 9.67. The summed E-state index contributed by atoms with van der Waals surface area (Å²) in [6, 6.07) is 101. The molecule has 0 amide bonds. The number of nitrogens with zero attached hydrogens (tertiary/aromatic N) is 2. The molecule has 0 aliphatic heterocycles. The van der Waals surface area contributed by atoms with Crippen LogP contribution in [0.1, 0.15) is 66.8 Å². The Balaban J connectivity index is 0.782.